The molecule has 6 nitrogen and oxygen atoms in total. The number of nitrogens with one attached hydrogen (secondary N) is 1. The van der Waals surface area contributed by atoms with E-state index >= 15 is 0 Å². The van der Waals surface area contributed by atoms with Crippen LogP contribution in [0, 0.1) is 3.57 Å². The van der Waals surface area contributed by atoms with Crippen molar-refractivity contribution in [2.75, 3.05) is 28.4 Å². The summed E-state index contributed by atoms with van der Waals surface area (Å²) in [7, 11) is 6.27. The predicted molar refractivity (Wildman–Crippen MR) is 103 cm³/mol. The quantitative estimate of drug-likeness (QED) is 0.647. The van der Waals surface area contributed by atoms with Gasteiger partial charge in [-0.15, -0.1) is 0 Å². The zero-order chi connectivity index (χ0) is 18.4. The summed E-state index contributed by atoms with van der Waals surface area (Å²) in [5, 5.41) is 2.90. The number of amides is 1. The Hall–Kier alpha value is -2.16. The van der Waals surface area contributed by atoms with Crippen LogP contribution in [-0.4, -0.2) is 34.3 Å². The minimum Gasteiger partial charge on any atom is -0.497 e. The van der Waals surface area contributed by atoms with Crippen LogP contribution < -0.4 is 24.3 Å². The lowest BCUT2D eigenvalue weighted by Gasteiger charge is -2.13. The van der Waals surface area contributed by atoms with E-state index in [1.54, 1.807) is 39.5 Å². The summed E-state index contributed by atoms with van der Waals surface area (Å²) in [6, 6.07) is 8.92. The zero-order valence-electron chi connectivity index (χ0n) is 14.5. The number of methoxy groups -OCH3 is 4. The Labute approximate surface area is 160 Å². The molecule has 134 valence electrons. The number of rotatable bonds is 7. The van der Waals surface area contributed by atoms with E-state index in [-0.39, 0.29) is 5.91 Å². The third-order valence-corrected chi connectivity index (χ3v) is 4.47. The van der Waals surface area contributed by atoms with E-state index in [1.807, 2.05) is 12.1 Å². The van der Waals surface area contributed by atoms with Crippen LogP contribution in [0.2, 0.25) is 0 Å². The maximum absolute atomic E-state index is 12.5. The smallest absolute Gasteiger partial charge is 0.252 e. The fourth-order valence-electron chi connectivity index (χ4n) is 2.27. The third-order valence-electron chi connectivity index (χ3n) is 3.58. The Morgan fingerprint density at radius 2 is 1.44 bits per heavy atom. The van der Waals surface area contributed by atoms with Gasteiger partial charge in [-0.1, -0.05) is 0 Å². The highest BCUT2D eigenvalue weighted by molar-refractivity contribution is 14.1. The van der Waals surface area contributed by atoms with Crippen LogP contribution in [0.25, 0.3) is 0 Å². The molecule has 1 amide bonds. The van der Waals surface area contributed by atoms with E-state index < -0.39 is 0 Å². The van der Waals surface area contributed by atoms with E-state index in [1.165, 1.54) is 7.11 Å². The first kappa shape index (κ1) is 19.2. The van der Waals surface area contributed by atoms with Crippen LogP contribution in [0.1, 0.15) is 15.9 Å². The normalized spacial score (nSPS) is 10.1. The van der Waals surface area contributed by atoms with Crippen molar-refractivity contribution in [3.8, 4) is 23.0 Å². The number of halogens is 1. The van der Waals surface area contributed by atoms with Gasteiger partial charge in [0.05, 0.1) is 34.0 Å². The molecule has 0 radical (unpaired) electrons. The van der Waals surface area contributed by atoms with Gasteiger partial charge in [0.15, 0.2) is 11.5 Å². The molecule has 0 aliphatic carbocycles. The standard InChI is InChI=1S/C18H20INO5/c1-22-12-5-11(6-13(7-12)23-2)10-20-18(21)14-8-16(24-3)17(25-4)9-15(14)19/h5-9H,10H2,1-4H3,(H,20,21). The molecular formula is C18H20INO5. The highest BCUT2D eigenvalue weighted by Crippen LogP contribution is 2.31. The molecule has 0 unspecified atom stereocenters. The molecule has 0 atom stereocenters. The van der Waals surface area contributed by atoms with Crippen molar-refractivity contribution in [3.63, 3.8) is 0 Å². The Kier molecular flexibility index (Phi) is 6.74. The van der Waals surface area contributed by atoms with Gasteiger partial charge in [0.2, 0.25) is 0 Å². The molecule has 2 aromatic rings. The number of ether oxygens (including phenoxy) is 4. The molecule has 0 fully saturated rings. The highest BCUT2D eigenvalue weighted by Gasteiger charge is 2.15. The van der Waals surface area contributed by atoms with Gasteiger partial charge >= 0.3 is 0 Å². The van der Waals surface area contributed by atoms with Gasteiger partial charge < -0.3 is 24.3 Å². The summed E-state index contributed by atoms with van der Waals surface area (Å²) < 4.78 is 21.8. The third kappa shape index (κ3) is 4.68. The summed E-state index contributed by atoms with van der Waals surface area (Å²) in [5.74, 6) is 2.23. The fraction of sp³-hybridized carbons (Fsp3) is 0.278. The van der Waals surface area contributed by atoms with Gasteiger partial charge in [-0.25, -0.2) is 0 Å². The minimum atomic E-state index is -0.202. The van der Waals surface area contributed by atoms with Crippen LogP contribution in [0.3, 0.4) is 0 Å². The molecule has 0 spiro atoms. The molecule has 0 aliphatic rings. The first-order valence-corrected chi connectivity index (χ1v) is 8.52. The van der Waals surface area contributed by atoms with Crippen molar-refractivity contribution in [3.05, 3.63) is 45.0 Å². The van der Waals surface area contributed by atoms with E-state index in [0.717, 1.165) is 9.13 Å². The van der Waals surface area contributed by atoms with Crippen molar-refractivity contribution >= 4 is 28.5 Å². The largest absolute Gasteiger partial charge is 0.497 e. The number of hydrogen-bond donors (Lipinski definition) is 1. The summed E-state index contributed by atoms with van der Waals surface area (Å²) in [5.41, 5.74) is 1.40. The first-order valence-electron chi connectivity index (χ1n) is 7.44. The fourth-order valence-corrected chi connectivity index (χ4v) is 2.96. The average Bonchev–Trinajstić information content (AvgIpc) is 2.65. The predicted octanol–water partition coefficient (Wildman–Crippen LogP) is 3.26. The molecular weight excluding hydrogens is 437 g/mol. The van der Waals surface area contributed by atoms with Gasteiger partial charge in [-0.3, -0.25) is 4.79 Å². The van der Waals surface area contributed by atoms with Gasteiger partial charge in [-0.05, 0) is 52.4 Å². The second-order valence-electron chi connectivity index (χ2n) is 5.09. The average molecular weight is 457 g/mol. The molecule has 0 bridgehead atoms. The molecule has 2 aromatic carbocycles. The van der Waals surface area contributed by atoms with Crippen molar-refractivity contribution in [2.24, 2.45) is 0 Å². The molecule has 0 aromatic heterocycles. The molecule has 25 heavy (non-hydrogen) atoms. The summed E-state index contributed by atoms with van der Waals surface area (Å²) >= 11 is 2.10. The summed E-state index contributed by atoms with van der Waals surface area (Å²) in [6.45, 7) is 0.344. The molecule has 1 N–H and O–H groups in total. The molecule has 7 heteroatoms. The Balaban J connectivity index is 2.18. The Morgan fingerprint density at radius 3 is 1.96 bits per heavy atom. The van der Waals surface area contributed by atoms with Crippen molar-refractivity contribution in [1.29, 1.82) is 0 Å². The first-order chi connectivity index (χ1) is 12.0. The maximum Gasteiger partial charge on any atom is 0.252 e. The van der Waals surface area contributed by atoms with Gasteiger partial charge in [0.1, 0.15) is 11.5 Å². The summed E-state index contributed by atoms with van der Waals surface area (Å²) in [6.07, 6.45) is 0. The van der Waals surface area contributed by atoms with Crippen LogP contribution in [0.4, 0.5) is 0 Å². The second kappa shape index (κ2) is 8.80. The van der Waals surface area contributed by atoms with Crippen LogP contribution in [-0.2, 0) is 6.54 Å². The van der Waals surface area contributed by atoms with E-state index in [9.17, 15) is 4.79 Å². The van der Waals surface area contributed by atoms with E-state index in [2.05, 4.69) is 27.9 Å². The lowest BCUT2D eigenvalue weighted by molar-refractivity contribution is 0.0949. The van der Waals surface area contributed by atoms with Gasteiger partial charge in [-0.2, -0.15) is 0 Å². The molecule has 2 rings (SSSR count). The van der Waals surface area contributed by atoms with Crippen molar-refractivity contribution < 1.29 is 23.7 Å². The van der Waals surface area contributed by atoms with E-state index in [4.69, 9.17) is 18.9 Å². The van der Waals surface area contributed by atoms with Crippen molar-refractivity contribution in [1.82, 2.24) is 5.32 Å². The van der Waals surface area contributed by atoms with Crippen LogP contribution in [0.15, 0.2) is 30.3 Å². The monoisotopic (exact) mass is 457 g/mol. The SMILES string of the molecule is COc1cc(CNC(=O)c2cc(OC)c(OC)cc2I)cc(OC)c1. The molecule has 0 aliphatic heterocycles. The van der Waals surface area contributed by atoms with Gasteiger partial charge in [0, 0.05) is 16.2 Å². The number of benzene rings is 2. The molecule has 0 saturated carbocycles. The maximum atomic E-state index is 12.5. The summed E-state index contributed by atoms with van der Waals surface area (Å²) in [4.78, 5) is 12.5. The number of carbonyl (C=O) groups excluding carboxylic acids is 1. The zero-order valence-corrected chi connectivity index (χ0v) is 16.7. The van der Waals surface area contributed by atoms with Crippen LogP contribution in [0.5, 0.6) is 23.0 Å². The lowest BCUT2D eigenvalue weighted by Crippen LogP contribution is -2.23. The Morgan fingerprint density at radius 1 is 0.880 bits per heavy atom. The van der Waals surface area contributed by atoms with Crippen LogP contribution >= 0.6 is 22.6 Å². The van der Waals surface area contributed by atoms with Crippen molar-refractivity contribution in [2.45, 2.75) is 6.54 Å². The molecule has 0 saturated heterocycles. The van der Waals surface area contributed by atoms with Gasteiger partial charge in [0.25, 0.3) is 5.91 Å². The molecule has 0 heterocycles. The van der Waals surface area contributed by atoms with E-state index in [0.29, 0.717) is 35.1 Å². The minimum absolute atomic E-state index is 0.202. The number of carbonyl (C=O) groups is 1. The second-order valence-corrected chi connectivity index (χ2v) is 6.25. The number of hydrogen-bond acceptors (Lipinski definition) is 5. The Bertz CT molecular complexity index is 741. The lowest BCUT2D eigenvalue weighted by atomic mass is 10.1. The highest BCUT2D eigenvalue weighted by atomic mass is 127. The topological polar surface area (TPSA) is 66.0 Å².